The minimum atomic E-state index is 0.474. The molecule has 2 aromatic rings. The van der Waals surface area contributed by atoms with Crippen LogP contribution in [0.15, 0.2) is 24.3 Å². The van der Waals surface area contributed by atoms with Gasteiger partial charge in [-0.3, -0.25) is 0 Å². The first kappa shape index (κ1) is 13.2. The van der Waals surface area contributed by atoms with Crippen LogP contribution >= 0.6 is 0 Å². The van der Waals surface area contributed by atoms with Gasteiger partial charge in [-0.25, -0.2) is 4.98 Å². The normalized spacial score (nSPS) is 19.0. The SMILES string of the molecule is COc1ccc2nc(OC)c(C3CCCNC3)cc2c1. The molecule has 2 heterocycles. The summed E-state index contributed by atoms with van der Waals surface area (Å²) in [5.74, 6) is 2.08. The van der Waals surface area contributed by atoms with Crippen LogP contribution in [-0.4, -0.2) is 32.3 Å². The molecule has 1 atom stereocenters. The van der Waals surface area contributed by atoms with Crippen LogP contribution in [-0.2, 0) is 0 Å². The van der Waals surface area contributed by atoms with Crippen LogP contribution in [0.2, 0.25) is 0 Å². The van der Waals surface area contributed by atoms with Gasteiger partial charge in [0, 0.05) is 23.4 Å². The molecule has 0 spiro atoms. The Balaban J connectivity index is 2.08. The molecule has 1 unspecified atom stereocenters. The van der Waals surface area contributed by atoms with Crippen molar-refractivity contribution < 1.29 is 9.47 Å². The van der Waals surface area contributed by atoms with Gasteiger partial charge in [-0.2, -0.15) is 0 Å². The number of benzene rings is 1. The van der Waals surface area contributed by atoms with E-state index in [-0.39, 0.29) is 0 Å². The highest BCUT2D eigenvalue weighted by molar-refractivity contribution is 5.82. The van der Waals surface area contributed by atoms with Crippen molar-refractivity contribution in [3.63, 3.8) is 0 Å². The summed E-state index contributed by atoms with van der Waals surface area (Å²) in [5, 5.41) is 4.55. The Morgan fingerprint density at radius 1 is 1.20 bits per heavy atom. The summed E-state index contributed by atoms with van der Waals surface area (Å²) < 4.78 is 10.8. The average Bonchev–Trinajstić information content (AvgIpc) is 2.53. The second-order valence-corrected chi connectivity index (χ2v) is 5.19. The molecular formula is C16H20N2O2. The predicted octanol–water partition coefficient (Wildman–Crippen LogP) is 2.72. The number of nitrogens with one attached hydrogen (secondary N) is 1. The lowest BCUT2D eigenvalue weighted by molar-refractivity contribution is 0.379. The lowest BCUT2D eigenvalue weighted by atomic mass is 9.91. The van der Waals surface area contributed by atoms with Gasteiger partial charge in [-0.15, -0.1) is 0 Å². The quantitative estimate of drug-likeness (QED) is 0.933. The number of nitrogens with zero attached hydrogens (tertiary/aromatic N) is 1. The second-order valence-electron chi connectivity index (χ2n) is 5.19. The molecule has 1 aromatic heterocycles. The van der Waals surface area contributed by atoms with Gasteiger partial charge in [0.05, 0.1) is 19.7 Å². The van der Waals surface area contributed by atoms with Crippen molar-refractivity contribution in [3.05, 3.63) is 29.8 Å². The van der Waals surface area contributed by atoms with E-state index in [9.17, 15) is 0 Å². The Morgan fingerprint density at radius 3 is 2.80 bits per heavy atom. The second kappa shape index (κ2) is 5.67. The van der Waals surface area contributed by atoms with E-state index in [1.54, 1.807) is 14.2 Å². The molecule has 1 N–H and O–H groups in total. The van der Waals surface area contributed by atoms with Gasteiger partial charge in [0.1, 0.15) is 5.75 Å². The summed E-state index contributed by atoms with van der Waals surface area (Å²) >= 11 is 0. The van der Waals surface area contributed by atoms with E-state index in [2.05, 4.69) is 16.4 Å². The van der Waals surface area contributed by atoms with Gasteiger partial charge in [0.25, 0.3) is 0 Å². The molecule has 106 valence electrons. The number of aromatic nitrogens is 1. The lowest BCUT2D eigenvalue weighted by Gasteiger charge is -2.24. The Kier molecular flexibility index (Phi) is 3.74. The standard InChI is InChI=1S/C16H20N2O2/c1-19-13-5-6-15-12(8-13)9-14(16(18-15)20-2)11-4-3-7-17-10-11/h5-6,8-9,11,17H,3-4,7,10H2,1-2H3. The molecule has 0 amide bonds. The van der Waals surface area contributed by atoms with Crippen LogP contribution in [0.5, 0.6) is 11.6 Å². The van der Waals surface area contributed by atoms with E-state index in [4.69, 9.17) is 9.47 Å². The van der Waals surface area contributed by atoms with Crippen LogP contribution in [0.25, 0.3) is 10.9 Å². The van der Waals surface area contributed by atoms with Crippen molar-refractivity contribution in [1.29, 1.82) is 0 Å². The van der Waals surface area contributed by atoms with Crippen molar-refractivity contribution in [2.24, 2.45) is 0 Å². The summed E-state index contributed by atoms with van der Waals surface area (Å²) in [7, 11) is 3.38. The molecule has 3 rings (SSSR count). The largest absolute Gasteiger partial charge is 0.497 e. The van der Waals surface area contributed by atoms with Crippen LogP contribution < -0.4 is 14.8 Å². The molecule has 20 heavy (non-hydrogen) atoms. The Morgan fingerprint density at radius 2 is 2.10 bits per heavy atom. The van der Waals surface area contributed by atoms with Gasteiger partial charge in [-0.05, 0) is 43.7 Å². The zero-order chi connectivity index (χ0) is 13.9. The van der Waals surface area contributed by atoms with Gasteiger partial charge in [-0.1, -0.05) is 0 Å². The molecule has 1 fully saturated rings. The Labute approximate surface area is 119 Å². The van der Waals surface area contributed by atoms with Gasteiger partial charge < -0.3 is 14.8 Å². The average molecular weight is 272 g/mol. The molecule has 1 aliphatic heterocycles. The highest BCUT2D eigenvalue weighted by Crippen LogP contribution is 2.33. The fourth-order valence-corrected chi connectivity index (χ4v) is 2.85. The third-order valence-corrected chi connectivity index (χ3v) is 3.94. The van der Waals surface area contributed by atoms with Crippen molar-refractivity contribution in [2.45, 2.75) is 18.8 Å². The molecule has 0 aliphatic carbocycles. The van der Waals surface area contributed by atoms with E-state index in [1.165, 1.54) is 18.4 Å². The number of methoxy groups -OCH3 is 2. The topological polar surface area (TPSA) is 43.4 Å². The van der Waals surface area contributed by atoms with Gasteiger partial charge in [0.2, 0.25) is 5.88 Å². The maximum absolute atomic E-state index is 5.49. The molecule has 1 aromatic carbocycles. The molecule has 1 saturated heterocycles. The van der Waals surface area contributed by atoms with E-state index in [0.717, 1.165) is 35.6 Å². The van der Waals surface area contributed by atoms with Crippen LogP contribution in [0.3, 0.4) is 0 Å². The summed E-state index contributed by atoms with van der Waals surface area (Å²) in [6, 6.07) is 8.12. The minimum absolute atomic E-state index is 0.474. The first-order chi connectivity index (χ1) is 9.81. The maximum atomic E-state index is 5.49. The zero-order valence-electron chi connectivity index (χ0n) is 12.0. The number of piperidine rings is 1. The van der Waals surface area contributed by atoms with Crippen LogP contribution in [0, 0.1) is 0 Å². The molecule has 4 heteroatoms. The predicted molar refractivity (Wildman–Crippen MR) is 79.7 cm³/mol. The molecule has 4 nitrogen and oxygen atoms in total. The smallest absolute Gasteiger partial charge is 0.217 e. The Bertz CT molecular complexity index is 607. The van der Waals surface area contributed by atoms with Crippen LogP contribution in [0.4, 0.5) is 0 Å². The number of hydrogen-bond donors (Lipinski definition) is 1. The first-order valence-corrected chi connectivity index (χ1v) is 7.05. The molecular weight excluding hydrogens is 252 g/mol. The molecule has 1 aliphatic rings. The number of ether oxygens (including phenoxy) is 2. The fourth-order valence-electron chi connectivity index (χ4n) is 2.85. The molecule has 0 saturated carbocycles. The first-order valence-electron chi connectivity index (χ1n) is 7.05. The van der Waals surface area contributed by atoms with E-state index < -0.39 is 0 Å². The van der Waals surface area contributed by atoms with E-state index >= 15 is 0 Å². The summed E-state index contributed by atoms with van der Waals surface area (Å²) in [4.78, 5) is 4.64. The van der Waals surface area contributed by atoms with Crippen molar-refractivity contribution >= 4 is 10.9 Å². The third-order valence-electron chi connectivity index (χ3n) is 3.94. The van der Waals surface area contributed by atoms with Crippen molar-refractivity contribution in [1.82, 2.24) is 10.3 Å². The fraction of sp³-hybridized carbons (Fsp3) is 0.438. The minimum Gasteiger partial charge on any atom is -0.497 e. The number of rotatable bonds is 3. The number of hydrogen-bond acceptors (Lipinski definition) is 4. The highest BCUT2D eigenvalue weighted by Gasteiger charge is 2.20. The summed E-state index contributed by atoms with van der Waals surface area (Å²) in [5.41, 5.74) is 2.13. The monoisotopic (exact) mass is 272 g/mol. The van der Waals surface area contributed by atoms with Gasteiger partial charge >= 0.3 is 0 Å². The molecule has 0 bridgehead atoms. The maximum Gasteiger partial charge on any atom is 0.217 e. The highest BCUT2D eigenvalue weighted by atomic mass is 16.5. The van der Waals surface area contributed by atoms with E-state index in [1.807, 2.05) is 18.2 Å². The zero-order valence-corrected chi connectivity index (χ0v) is 12.0. The van der Waals surface area contributed by atoms with Crippen molar-refractivity contribution in [3.8, 4) is 11.6 Å². The summed E-state index contributed by atoms with van der Waals surface area (Å²) in [6.07, 6.45) is 2.38. The van der Waals surface area contributed by atoms with E-state index in [0.29, 0.717) is 5.92 Å². The Hall–Kier alpha value is -1.81. The third kappa shape index (κ3) is 2.43. The lowest BCUT2D eigenvalue weighted by Crippen LogP contribution is -2.28. The number of pyridine rings is 1. The number of fused-ring (bicyclic) bond motifs is 1. The van der Waals surface area contributed by atoms with Crippen LogP contribution in [0.1, 0.15) is 24.3 Å². The van der Waals surface area contributed by atoms with Gasteiger partial charge in [0.15, 0.2) is 0 Å². The molecule has 0 radical (unpaired) electrons. The van der Waals surface area contributed by atoms with Crippen molar-refractivity contribution in [2.75, 3.05) is 27.3 Å². The summed E-state index contributed by atoms with van der Waals surface area (Å²) in [6.45, 7) is 2.10.